The highest BCUT2D eigenvalue weighted by atomic mass is 32.2. The minimum Gasteiger partial charge on any atom is -0.322 e. The molecule has 3 rings (SSSR count). The van der Waals surface area contributed by atoms with Gasteiger partial charge in [-0.3, -0.25) is 4.79 Å². The molecule has 1 aliphatic rings. The number of thioether (sulfide) groups is 2. The molecule has 1 aliphatic heterocycles. The van der Waals surface area contributed by atoms with Crippen molar-refractivity contribution >= 4 is 29.4 Å². The van der Waals surface area contributed by atoms with E-state index in [0.29, 0.717) is 12.3 Å². The smallest absolute Gasteiger partial charge is 0.234 e. The molecular weight excluding hydrogens is 365 g/mol. The Bertz CT molecular complexity index is 718. The van der Waals surface area contributed by atoms with Crippen molar-refractivity contribution in [3.63, 3.8) is 0 Å². The first-order valence-electron chi connectivity index (χ1n) is 9.05. The zero-order chi connectivity index (χ0) is 18.4. The standard InChI is InChI=1S/C21H24FNOS2/c1-2-3-4-13-25-19-11-7-17(8-12-19)21-23(20(24)15-26-21)14-16-5-9-18(22)10-6-16/h5-12,21H,2-4,13-15H2,1H3. The molecule has 0 aliphatic carbocycles. The van der Waals surface area contributed by atoms with Crippen LogP contribution in [0.5, 0.6) is 0 Å². The van der Waals surface area contributed by atoms with E-state index in [1.165, 1.54) is 36.3 Å². The fraction of sp³-hybridized carbons (Fsp3) is 0.381. The van der Waals surface area contributed by atoms with E-state index in [1.54, 1.807) is 23.9 Å². The summed E-state index contributed by atoms with van der Waals surface area (Å²) in [6, 6.07) is 15.0. The van der Waals surface area contributed by atoms with Crippen LogP contribution in [0.3, 0.4) is 0 Å². The van der Waals surface area contributed by atoms with Crippen LogP contribution in [-0.2, 0) is 11.3 Å². The summed E-state index contributed by atoms with van der Waals surface area (Å²) in [6.07, 6.45) is 3.78. The summed E-state index contributed by atoms with van der Waals surface area (Å²) in [6.45, 7) is 2.74. The van der Waals surface area contributed by atoms with Crippen molar-refractivity contribution in [1.29, 1.82) is 0 Å². The van der Waals surface area contributed by atoms with Gasteiger partial charge in [-0.2, -0.15) is 0 Å². The zero-order valence-electron chi connectivity index (χ0n) is 15.0. The molecule has 2 aromatic rings. The first kappa shape index (κ1) is 19.3. The second kappa shape index (κ2) is 9.47. The Morgan fingerprint density at radius 3 is 2.54 bits per heavy atom. The van der Waals surface area contributed by atoms with E-state index < -0.39 is 0 Å². The van der Waals surface area contributed by atoms with Gasteiger partial charge in [-0.25, -0.2) is 4.39 Å². The minimum atomic E-state index is -0.251. The van der Waals surface area contributed by atoms with Crippen molar-refractivity contribution in [2.24, 2.45) is 0 Å². The summed E-state index contributed by atoms with van der Waals surface area (Å²) in [5.74, 6) is 1.54. The van der Waals surface area contributed by atoms with Gasteiger partial charge in [0.2, 0.25) is 5.91 Å². The lowest BCUT2D eigenvalue weighted by molar-refractivity contribution is -0.128. The number of carbonyl (C=O) groups is 1. The molecule has 1 fully saturated rings. The lowest BCUT2D eigenvalue weighted by Gasteiger charge is -2.24. The number of carbonyl (C=O) groups excluding carboxylic acids is 1. The molecule has 5 heteroatoms. The molecule has 138 valence electrons. The Morgan fingerprint density at radius 1 is 1.12 bits per heavy atom. The fourth-order valence-electron chi connectivity index (χ4n) is 2.96. The zero-order valence-corrected chi connectivity index (χ0v) is 16.6. The van der Waals surface area contributed by atoms with E-state index in [-0.39, 0.29) is 17.1 Å². The molecule has 0 bridgehead atoms. The van der Waals surface area contributed by atoms with Crippen LogP contribution in [0.15, 0.2) is 53.4 Å². The summed E-state index contributed by atoms with van der Waals surface area (Å²) in [5, 5.41) is 0.0340. The molecule has 2 aromatic carbocycles. The molecule has 2 nitrogen and oxygen atoms in total. The molecular formula is C21H24FNOS2. The largest absolute Gasteiger partial charge is 0.322 e. The average Bonchev–Trinajstić information content (AvgIpc) is 3.02. The predicted molar refractivity (Wildman–Crippen MR) is 109 cm³/mol. The van der Waals surface area contributed by atoms with Crippen LogP contribution in [-0.4, -0.2) is 22.3 Å². The molecule has 1 amide bonds. The fourth-order valence-corrected chi connectivity index (χ4v) is 5.06. The van der Waals surface area contributed by atoms with Gasteiger partial charge >= 0.3 is 0 Å². The summed E-state index contributed by atoms with van der Waals surface area (Å²) >= 11 is 3.55. The highest BCUT2D eigenvalue weighted by Gasteiger charge is 2.32. The molecule has 0 radical (unpaired) electrons. The number of halogens is 1. The summed E-state index contributed by atoms with van der Waals surface area (Å²) < 4.78 is 13.1. The van der Waals surface area contributed by atoms with Crippen LogP contribution in [0.4, 0.5) is 4.39 Å². The van der Waals surface area contributed by atoms with Gasteiger partial charge < -0.3 is 4.90 Å². The number of nitrogens with zero attached hydrogens (tertiary/aromatic N) is 1. The van der Waals surface area contributed by atoms with Crippen LogP contribution >= 0.6 is 23.5 Å². The summed E-state index contributed by atoms with van der Waals surface area (Å²) in [7, 11) is 0. The van der Waals surface area contributed by atoms with Gasteiger partial charge in [0.1, 0.15) is 11.2 Å². The number of hydrogen-bond donors (Lipinski definition) is 0. The normalized spacial score (nSPS) is 17.1. The molecule has 26 heavy (non-hydrogen) atoms. The summed E-state index contributed by atoms with van der Waals surface area (Å²) in [4.78, 5) is 15.5. The van der Waals surface area contributed by atoms with Gasteiger partial charge in [0, 0.05) is 11.4 Å². The van der Waals surface area contributed by atoms with Gasteiger partial charge in [-0.15, -0.1) is 23.5 Å². The van der Waals surface area contributed by atoms with Gasteiger partial charge in [-0.05, 0) is 47.6 Å². The van der Waals surface area contributed by atoms with Crippen LogP contribution in [0.1, 0.15) is 42.7 Å². The van der Waals surface area contributed by atoms with Crippen molar-refractivity contribution < 1.29 is 9.18 Å². The molecule has 0 saturated carbocycles. The van der Waals surface area contributed by atoms with Crippen molar-refractivity contribution in [3.8, 4) is 0 Å². The van der Waals surface area contributed by atoms with Crippen LogP contribution in [0.25, 0.3) is 0 Å². The second-order valence-electron chi connectivity index (χ2n) is 6.44. The van der Waals surface area contributed by atoms with Gasteiger partial charge in [0.15, 0.2) is 0 Å². The highest BCUT2D eigenvalue weighted by molar-refractivity contribution is 8.00. The Hall–Kier alpha value is -1.46. The summed E-state index contributed by atoms with van der Waals surface area (Å²) in [5.41, 5.74) is 2.11. The molecule has 1 atom stereocenters. The number of unbranched alkanes of at least 4 members (excludes halogenated alkanes) is 2. The maximum atomic E-state index is 13.1. The lowest BCUT2D eigenvalue weighted by Crippen LogP contribution is -2.27. The number of amides is 1. The third kappa shape index (κ3) is 5.04. The number of rotatable bonds is 8. The van der Waals surface area contributed by atoms with Gasteiger partial charge in [-0.1, -0.05) is 44.0 Å². The van der Waals surface area contributed by atoms with E-state index in [1.807, 2.05) is 16.7 Å². The molecule has 0 spiro atoms. The van der Waals surface area contributed by atoms with Crippen LogP contribution in [0, 0.1) is 5.82 Å². The van der Waals surface area contributed by atoms with E-state index in [4.69, 9.17) is 0 Å². The third-order valence-electron chi connectivity index (χ3n) is 4.42. The quantitative estimate of drug-likeness (QED) is 0.415. The van der Waals surface area contributed by atoms with Crippen molar-refractivity contribution in [3.05, 3.63) is 65.5 Å². The Kier molecular flexibility index (Phi) is 7.03. The van der Waals surface area contributed by atoms with Gasteiger partial charge in [0.05, 0.1) is 5.75 Å². The second-order valence-corrected chi connectivity index (χ2v) is 8.67. The first-order chi connectivity index (χ1) is 12.7. The number of hydrogen-bond acceptors (Lipinski definition) is 3. The molecule has 0 aromatic heterocycles. The topological polar surface area (TPSA) is 20.3 Å². The Morgan fingerprint density at radius 2 is 1.85 bits per heavy atom. The Balaban J connectivity index is 1.64. The van der Waals surface area contributed by atoms with Crippen molar-refractivity contribution in [2.75, 3.05) is 11.5 Å². The van der Waals surface area contributed by atoms with Crippen molar-refractivity contribution in [2.45, 2.75) is 43.0 Å². The van der Waals surface area contributed by atoms with E-state index in [0.717, 1.165) is 16.9 Å². The SMILES string of the molecule is CCCCCSc1ccc(C2SCC(=O)N2Cc2ccc(F)cc2)cc1. The molecule has 1 unspecified atom stereocenters. The average molecular weight is 390 g/mol. The van der Waals surface area contributed by atoms with Gasteiger partial charge in [0.25, 0.3) is 0 Å². The number of benzene rings is 2. The van der Waals surface area contributed by atoms with E-state index in [2.05, 4.69) is 31.2 Å². The lowest BCUT2D eigenvalue weighted by atomic mass is 10.1. The van der Waals surface area contributed by atoms with E-state index >= 15 is 0 Å². The molecule has 1 heterocycles. The predicted octanol–water partition coefficient (Wildman–Crippen LogP) is 5.88. The third-order valence-corrected chi connectivity index (χ3v) is 6.77. The maximum absolute atomic E-state index is 13.1. The Labute approximate surface area is 163 Å². The van der Waals surface area contributed by atoms with Crippen LogP contribution in [0.2, 0.25) is 0 Å². The first-order valence-corrected chi connectivity index (χ1v) is 11.1. The molecule has 1 saturated heterocycles. The highest BCUT2D eigenvalue weighted by Crippen LogP contribution is 2.40. The van der Waals surface area contributed by atoms with Crippen molar-refractivity contribution in [1.82, 2.24) is 4.90 Å². The maximum Gasteiger partial charge on any atom is 0.234 e. The molecule has 0 N–H and O–H groups in total. The van der Waals surface area contributed by atoms with E-state index in [9.17, 15) is 9.18 Å². The van der Waals surface area contributed by atoms with Crippen LogP contribution < -0.4 is 0 Å². The monoisotopic (exact) mass is 389 g/mol. The minimum absolute atomic E-state index is 0.0340.